The second-order valence-corrected chi connectivity index (χ2v) is 6.63. The van der Waals surface area contributed by atoms with Gasteiger partial charge in [-0.2, -0.15) is 18.2 Å². The molecule has 0 aromatic heterocycles. The molecule has 0 aliphatic carbocycles. The van der Waals surface area contributed by atoms with E-state index in [0.717, 1.165) is 15.9 Å². The van der Waals surface area contributed by atoms with E-state index in [4.69, 9.17) is 5.73 Å². The predicted octanol–water partition coefficient (Wildman–Crippen LogP) is -0.816. The van der Waals surface area contributed by atoms with Crippen LogP contribution in [0.2, 0.25) is 13.1 Å². The van der Waals surface area contributed by atoms with Crippen molar-refractivity contribution in [2.45, 2.75) is 59.7 Å². The Morgan fingerprint density at radius 2 is 1.30 bits per heavy atom. The molecule has 0 saturated carbocycles. The van der Waals surface area contributed by atoms with Crippen molar-refractivity contribution in [2.24, 2.45) is 5.41 Å². The van der Waals surface area contributed by atoms with Gasteiger partial charge in [0.05, 0.1) is 0 Å². The maximum Gasteiger partial charge on any atom is 4.00 e. The summed E-state index contributed by atoms with van der Waals surface area (Å²) >= 11 is 0. The standard InChI is InChI=1S/C8H18N.C5H5.C2H7Si.2ClH.Zr/c1-6-8(5,9)7(2,3)4;1-2-4-5-3-1;1-3-2;;;/h9H,6H2,1-5H3;1-5H;3H,1-2H3;2*1H;/q2*-1;;;;+4/p-2. The summed E-state index contributed by atoms with van der Waals surface area (Å²) in [6.07, 6.45) is 0.927. The Labute approximate surface area is 161 Å². The van der Waals surface area contributed by atoms with E-state index in [1.165, 1.54) is 0 Å². The first-order valence-corrected chi connectivity index (χ1v) is 8.69. The van der Waals surface area contributed by atoms with Crippen LogP contribution in [0.4, 0.5) is 0 Å². The zero-order chi connectivity index (χ0) is 13.9. The van der Waals surface area contributed by atoms with Crippen LogP contribution in [0, 0.1) is 5.41 Å². The maximum absolute atomic E-state index is 7.83. The third kappa shape index (κ3) is 19.0. The summed E-state index contributed by atoms with van der Waals surface area (Å²) in [5.74, 6) is 0. The van der Waals surface area contributed by atoms with Gasteiger partial charge in [-0.1, -0.05) is 59.5 Å². The van der Waals surface area contributed by atoms with Crippen LogP contribution in [0.25, 0.3) is 5.73 Å². The molecule has 1 aromatic carbocycles. The Morgan fingerprint density at radius 3 is 1.35 bits per heavy atom. The van der Waals surface area contributed by atoms with Crippen LogP contribution in [0.5, 0.6) is 0 Å². The van der Waals surface area contributed by atoms with Crippen molar-refractivity contribution >= 4 is 9.52 Å². The Hall–Kier alpha value is 0.990. The zero-order valence-corrected chi connectivity index (χ0v) is 19.1. The fourth-order valence-corrected chi connectivity index (χ4v) is 0.851. The number of nitrogens with one attached hydrogen (secondary N) is 1. The van der Waals surface area contributed by atoms with Gasteiger partial charge in [0.1, 0.15) is 0 Å². The van der Waals surface area contributed by atoms with E-state index in [1.54, 1.807) is 0 Å². The molecule has 1 atom stereocenters. The van der Waals surface area contributed by atoms with Crippen molar-refractivity contribution in [1.29, 1.82) is 0 Å². The molecule has 0 spiro atoms. The molecule has 0 amide bonds. The number of hydrogen-bond donors (Lipinski definition) is 0. The molecule has 0 aliphatic rings. The molecule has 0 heterocycles. The molecule has 1 rings (SSSR count). The van der Waals surface area contributed by atoms with Crippen LogP contribution < -0.4 is 24.8 Å². The van der Waals surface area contributed by atoms with E-state index in [0.29, 0.717) is 0 Å². The average Bonchev–Trinajstić information content (AvgIpc) is 2.75. The largest absolute Gasteiger partial charge is 4.00 e. The molecular weight excluding hydrogens is 384 g/mol. The SMILES string of the molecule is CCC(C)([NH-])C(C)(C)C.C[SiH]C.[Cl-].[Cl-].[Zr+4].c1cc[cH-]c1. The van der Waals surface area contributed by atoms with Crippen molar-refractivity contribution in [2.75, 3.05) is 0 Å². The smallest absolute Gasteiger partial charge is 1.00 e. The van der Waals surface area contributed by atoms with Crippen molar-refractivity contribution in [3.63, 3.8) is 0 Å². The van der Waals surface area contributed by atoms with Gasteiger partial charge in [-0.25, -0.2) is 12.1 Å². The van der Waals surface area contributed by atoms with Gasteiger partial charge >= 0.3 is 26.2 Å². The maximum atomic E-state index is 7.83. The predicted molar refractivity (Wildman–Crippen MR) is 83.4 cm³/mol. The molecule has 5 heteroatoms. The Kier molecular flexibility index (Phi) is 29.6. The molecule has 1 radical (unpaired) electrons. The van der Waals surface area contributed by atoms with Crippen LogP contribution in [0.1, 0.15) is 41.0 Å². The molecule has 1 nitrogen and oxygen atoms in total. The molecule has 0 bridgehead atoms. The van der Waals surface area contributed by atoms with Gasteiger partial charge in [0.2, 0.25) is 0 Å². The molecule has 0 aliphatic heterocycles. The van der Waals surface area contributed by atoms with Gasteiger partial charge in [-0.05, 0) is 0 Å². The van der Waals surface area contributed by atoms with Gasteiger partial charge in [0.15, 0.2) is 0 Å². The topological polar surface area (TPSA) is 23.8 Å². The second-order valence-electron chi connectivity index (χ2n) is 5.48. The van der Waals surface area contributed by atoms with Crippen molar-refractivity contribution < 1.29 is 51.0 Å². The Bertz CT molecular complexity index is 230. The fourth-order valence-electron chi connectivity index (χ4n) is 0.851. The van der Waals surface area contributed by atoms with Crippen molar-refractivity contribution in [3.05, 3.63) is 36.1 Å². The molecule has 0 fully saturated rings. The summed E-state index contributed by atoms with van der Waals surface area (Å²) in [4.78, 5) is 0. The summed E-state index contributed by atoms with van der Waals surface area (Å²) in [6.45, 7) is 14.8. The second kappa shape index (κ2) is 18.0. The minimum absolute atomic E-state index is 0. The van der Waals surface area contributed by atoms with E-state index < -0.39 is 0 Å². The van der Waals surface area contributed by atoms with Crippen LogP contribution in [-0.2, 0) is 26.2 Å². The molecule has 1 aromatic rings. The Balaban J connectivity index is -0.0000000589. The number of hydrogen-bond acceptors (Lipinski definition) is 0. The van der Waals surface area contributed by atoms with Crippen LogP contribution in [-0.4, -0.2) is 15.1 Å². The van der Waals surface area contributed by atoms with E-state index in [9.17, 15) is 0 Å². The van der Waals surface area contributed by atoms with Gasteiger partial charge in [0.25, 0.3) is 0 Å². The summed E-state index contributed by atoms with van der Waals surface area (Å²) < 4.78 is 0. The summed E-state index contributed by atoms with van der Waals surface area (Å²) in [6, 6.07) is 10.0. The van der Waals surface area contributed by atoms with Crippen molar-refractivity contribution in [1.82, 2.24) is 0 Å². The first-order valence-electron chi connectivity index (χ1n) is 6.38. The summed E-state index contributed by atoms with van der Waals surface area (Å²) in [5, 5.41) is 0. The zero-order valence-electron chi connectivity index (χ0n) is 13.9. The quantitative estimate of drug-likeness (QED) is 0.424. The normalized spacial score (nSPS) is 11.6. The van der Waals surface area contributed by atoms with Gasteiger partial charge in [-0.15, -0.1) is 5.54 Å². The third-order valence-corrected chi connectivity index (χ3v) is 2.92. The molecule has 20 heavy (non-hydrogen) atoms. The monoisotopic (exact) mass is 412 g/mol. The molecular formula is C15H30Cl2NSiZr. The number of rotatable bonds is 1. The van der Waals surface area contributed by atoms with Gasteiger partial charge in [0, 0.05) is 9.52 Å². The van der Waals surface area contributed by atoms with E-state index in [2.05, 4.69) is 40.8 Å². The van der Waals surface area contributed by atoms with Crippen LogP contribution in [0.3, 0.4) is 0 Å². The fraction of sp³-hybridized carbons (Fsp3) is 0.667. The van der Waals surface area contributed by atoms with Crippen molar-refractivity contribution in [3.8, 4) is 0 Å². The Morgan fingerprint density at radius 1 is 1.00 bits per heavy atom. The molecule has 1 N–H and O–H groups in total. The first kappa shape index (κ1) is 32.8. The van der Waals surface area contributed by atoms with Crippen LogP contribution in [0.15, 0.2) is 30.3 Å². The minimum Gasteiger partial charge on any atom is -1.00 e. The number of halogens is 2. The van der Waals surface area contributed by atoms with Gasteiger partial charge < -0.3 is 30.5 Å². The molecule has 0 saturated heterocycles. The average molecular weight is 415 g/mol. The summed E-state index contributed by atoms with van der Waals surface area (Å²) in [7, 11) is 0.750. The van der Waals surface area contributed by atoms with Gasteiger partial charge in [-0.3, -0.25) is 0 Å². The molecule has 117 valence electrons. The summed E-state index contributed by atoms with van der Waals surface area (Å²) in [5.41, 5.74) is 7.67. The van der Waals surface area contributed by atoms with Crippen LogP contribution >= 0.6 is 0 Å². The van der Waals surface area contributed by atoms with E-state index >= 15 is 0 Å². The third-order valence-electron chi connectivity index (χ3n) is 2.92. The van der Waals surface area contributed by atoms with E-state index in [1.807, 2.05) is 37.3 Å². The molecule has 1 unspecified atom stereocenters. The van der Waals surface area contributed by atoms with E-state index in [-0.39, 0.29) is 62.0 Å². The first-order chi connectivity index (χ1) is 7.72. The minimum atomic E-state index is -0.271.